The molecule has 0 saturated carbocycles. The summed E-state index contributed by atoms with van der Waals surface area (Å²) >= 11 is 7.53. The number of benzene rings is 1. The maximum absolute atomic E-state index is 6.32. The fourth-order valence-electron chi connectivity index (χ4n) is 2.84. The Morgan fingerprint density at radius 1 is 1.00 bits per heavy atom. The number of rotatable bonds is 5. The van der Waals surface area contributed by atoms with Crippen LogP contribution in [0.3, 0.4) is 0 Å². The number of pyridine rings is 2. The molecule has 134 valence electrons. The summed E-state index contributed by atoms with van der Waals surface area (Å²) in [5.74, 6) is 1.61. The Balaban J connectivity index is 2.05. The topological polar surface area (TPSA) is 47.0 Å². The first-order valence-electron chi connectivity index (χ1n) is 8.18. The molecule has 3 rings (SSSR count). The zero-order valence-electron chi connectivity index (χ0n) is 15.1. The van der Waals surface area contributed by atoms with Gasteiger partial charge < -0.3 is 4.74 Å². The van der Waals surface area contributed by atoms with E-state index >= 15 is 0 Å². The third-order valence-corrected chi connectivity index (χ3v) is 4.80. The van der Waals surface area contributed by atoms with Crippen LogP contribution in [0.5, 0.6) is 11.5 Å². The van der Waals surface area contributed by atoms with Gasteiger partial charge in [0, 0.05) is 30.2 Å². The lowest BCUT2D eigenvalue weighted by atomic mass is 10.1. The first kappa shape index (κ1) is 18.7. The Morgan fingerprint density at radius 2 is 1.73 bits per heavy atom. The highest BCUT2D eigenvalue weighted by molar-refractivity contribution is 7.97. The highest BCUT2D eigenvalue weighted by Gasteiger charge is 2.13. The van der Waals surface area contributed by atoms with Crippen molar-refractivity contribution in [2.24, 2.45) is 0 Å². The molecule has 3 aromatic rings. The number of aromatic nitrogens is 2. The number of hydrogen-bond donors (Lipinski definition) is 1. The molecule has 0 atom stereocenters. The first-order valence-corrected chi connectivity index (χ1v) is 9.37. The Morgan fingerprint density at radius 3 is 2.38 bits per heavy atom. The fourth-order valence-corrected chi connectivity index (χ4v) is 3.54. The van der Waals surface area contributed by atoms with Crippen LogP contribution in [0.2, 0.25) is 5.02 Å². The minimum Gasteiger partial charge on any atom is -0.455 e. The molecule has 26 heavy (non-hydrogen) atoms. The minimum absolute atomic E-state index is 0.575. The van der Waals surface area contributed by atoms with Gasteiger partial charge in [-0.05, 0) is 57.0 Å². The molecule has 4 nitrogen and oxygen atoms in total. The number of hydrogen-bond acceptors (Lipinski definition) is 5. The molecule has 6 heteroatoms. The molecule has 0 spiro atoms. The standard InChI is InChI=1S/C20H20ClN3OS/c1-12-5-13(2)20(14(3)6-12)25-18-8-17(24-11-19(18)26-22-4)15-7-16(21)10-23-9-15/h5-11,22H,1-4H3. The van der Waals surface area contributed by atoms with Crippen LogP contribution in [0.25, 0.3) is 11.3 Å². The number of nitrogens with zero attached hydrogens (tertiary/aromatic N) is 2. The van der Waals surface area contributed by atoms with Gasteiger partial charge in [-0.3, -0.25) is 14.7 Å². The van der Waals surface area contributed by atoms with E-state index in [4.69, 9.17) is 16.3 Å². The summed E-state index contributed by atoms with van der Waals surface area (Å²) in [6.07, 6.45) is 5.14. The summed E-state index contributed by atoms with van der Waals surface area (Å²) in [6.45, 7) is 6.20. The fraction of sp³-hybridized carbons (Fsp3) is 0.200. The number of ether oxygens (including phenoxy) is 1. The Bertz CT molecular complexity index is 923. The number of halogens is 1. The van der Waals surface area contributed by atoms with E-state index in [1.165, 1.54) is 17.5 Å². The van der Waals surface area contributed by atoms with Crippen molar-refractivity contribution in [3.8, 4) is 22.8 Å². The summed E-state index contributed by atoms with van der Waals surface area (Å²) in [7, 11) is 1.87. The molecular formula is C20H20ClN3OS. The summed E-state index contributed by atoms with van der Waals surface area (Å²) in [6, 6.07) is 8.01. The van der Waals surface area contributed by atoms with E-state index < -0.39 is 0 Å². The maximum atomic E-state index is 6.32. The van der Waals surface area contributed by atoms with Crippen molar-refractivity contribution < 1.29 is 4.74 Å². The summed E-state index contributed by atoms with van der Waals surface area (Å²) in [4.78, 5) is 9.58. The summed E-state index contributed by atoms with van der Waals surface area (Å²) in [5, 5.41) is 0.575. The molecule has 1 aromatic carbocycles. The molecule has 2 heterocycles. The van der Waals surface area contributed by atoms with Gasteiger partial charge in [0.2, 0.25) is 0 Å². The van der Waals surface area contributed by atoms with Crippen molar-refractivity contribution in [2.75, 3.05) is 7.05 Å². The number of aryl methyl sites for hydroxylation is 3. The van der Waals surface area contributed by atoms with Crippen LogP contribution in [0, 0.1) is 20.8 Å². The van der Waals surface area contributed by atoms with E-state index in [9.17, 15) is 0 Å². The highest BCUT2D eigenvalue weighted by Crippen LogP contribution is 2.37. The van der Waals surface area contributed by atoms with Gasteiger partial charge in [-0.1, -0.05) is 29.3 Å². The predicted octanol–water partition coefficient (Wildman–Crippen LogP) is 5.74. The van der Waals surface area contributed by atoms with E-state index in [-0.39, 0.29) is 0 Å². The SMILES string of the molecule is CNSc1cnc(-c2cncc(Cl)c2)cc1Oc1c(C)cc(C)cc1C. The van der Waals surface area contributed by atoms with Gasteiger partial charge >= 0.3 is 0 Å². The van der Waals surface area contributed by atoms with E-state index in [1.54, 1.807) is 18.6 Å². The molecule has 0 bridgehead atoms. The van der Waals surface area contributed by atoms with Crippen LogP contribution >= 0.6 is 23.5 Å². The van der Waals surface area contributed by atoms with Gasteiger partial charge in [0.1, 0.15) is 11.5 Å². The van der Waals surface area contributed by atoms with Gasteiger partial charge in [-0.15, -0.1) is 0 Å². The zero-order valence-corrected chi connectivity index (χ0v) is 16.7. The van der Waals surface area contributed by atoms with Gasteiger partial charge in [-0.25, -0.2) is 0 Å². The molecule has 0 aliphatic rings. The Labute approximate surface area is 163 Å². The molecule has 0 aliphatic heterocycles. The molecule has 0 unspecified atom stereocenters. The van der Waals surface area contributed by atoms with Crippen LogP contribution < -0.4 is 9.46 Å². The predicted molar refractivity (Wildman–Crippen MR) is 108 cm³/mol. The Hall–Kier alpha value is -2.08. The van der Waals surface area contributed by atoms with Gasteiger partial charge in [0.05, 0.1) is 15.6 Å². The third kappa shape index (κ3) is 4.18. The lowest BCUT2D eigenvalue weighted by Crippen LogP contribution is -1.98. The van der Waals surface area contributed by atoms with Crippen LogP contribution in [0.4, 0.5) is 0 Å². The molecular weight excluding hydrogens is 366 g/mol. The maximum Gasteiger partial charge on any atom is 0.146 e. The van der Waals surface area contributed by atoms with Gasteiger partial charge in [0.15, 0.2) is 0 Å². The molecule has 0 fully saturated rings. The third-order valence-electron chi connectivity index (χ3n) is 3.86. The molecule has 0 radical (unpaired) electrons. The van der Waals surface area contributed by atoms with Crippen LogP contribution in [0.15, 0.2) is 47.8 Å². The van der Waals surface area contributed by atoms with E-state index in [2.05, 4.69) is 47.6 Å². The summed E-state index contributed by atoms with van der Waals surface area (Å²) < 4.78 is 9.40. The second-order valence-corrected chi connectivity index (χ2v) is 7.53. The number of nitrogens with one attached hydrogen (secondary N) is 1. The van der Waals surface area contributed by atoms with Crippen molar-refractivity contribution >= 4 is 23.5 Å². The lowest BCUT2D eigenvalue weighted by Gasteiger charge is -2.16. The molecule has 1 N–H and O–H groups in total. The average molecular weight is 386 g/mol. The lowest BCUT2D eigenvalue weighted by molar-refractivity contribution is 0.463. The van der Waals surface area contributed by atoms with E-state index in [0.29, 0.717) is 5.02 Å². The first-order chi connectivity index (χ1) is 12.5. The van der Waals surface area contributed by atoms with Crippen molar-refractivity contribution in [1.29, 1.82) is 0 Å². The van der Waals surface area contributed by atoms with E-state index in [1.807, 2.05) is 19.2 Å². The van der Waals surface area contributed by atoms with Crippen molar-refractivity contribution in [3.05, 3.63) is 64.6 Å². The largest absolute Gasteiger partial charge is 0.455 e. The van der Waals surface area contributed by atoms with Crippen molar-refractivity contribution in [2.45, 2.75) is 25.7 Å². The highest BCUT2D eigenvalue weighted by atomic mass is 35.5. The van der Waals surface area contributed by atoms with E-state index in [0.717, 1.165) is 38.8 Å². The Kier molecular flexibility index (Phi) is 5.81. The van der Waals surface area contributed by atoms with Crippen molar-refractivity contribution in [1.82, 2.24) is 14.7 Å². The molecule has 2 aromatic heterocycles. The van der Waals surface area contributed by atoms with Crippen LogP contribution in [0.1, 0.15) is 16.7 Å². The quantitative estimate of drug-likeness (QED) is 0.567. The van der Waals surface area contributed by atoms with Crippen molar-refractivity contribution in [3.63, 3.8) is 0 Å². The average Bonchev–Trinajstić information content (AvgIpc) is 2.59. The van der Waals surface area contributed by atoms with Gasteiger partial charge in [0.25, 0.3) is 0 Å². The smallest absolute Gasteiger partial charge is 0.146 e. The molecule has 0 amide bonds. The summed E-state index contributed by atoms with van der Waals surface area (Å²) in [5.41, 5.74) is 5.03. The second-order valence-electron chi connectivity index (χ2n) is 6.04. The monoisotopic (exact) mass is 385 g/mol. The second kappa shape index (κ2) is 8.08. The molecule has 0 saturated heterocycles. The van der Waals surface area contributed by atoms with Crippen LogP contribution in [-0.4, -0.2) is 17.0 Å². The van der Waals surface area contributed by atoms with Crippen LogP contribution in [-0.2, 0) is 0 Å². The normalized spacial score (nSPS) is 10.8. The van der Waals surface area contributed by atoms with Gasteiger partial charge in [-0.2, -0.15) is 0 Å². The zero-order chi connectivity index (χ0) is 18.7. The minimum atomic E-state index is 0.575. The molecule has 0 aliphatic carbocycles.